The second-order valence-corrected chi connectivity index (χ2v) is 4.45. The summed E-state index contributed by atoms with van der Waals surface area (Å²) in [5.41, 5.74) is 1.16. The van der Waals surface area contributed by atoms with Crippen LogP contribution in [0.5, 0.6) is 5.75 Å². The maximum atomic E-state index is 11.1. The van der Waals surface area contributed by atoms with E-state index in [1.54, 1.807) is 7.11 Å². The molecule has 0 aromatic heterocycles. The standard InChI is InChI=1S/C11H12BrNO2/c1-15-8-2-3-9(10(12)5-8)7-4-11(14)13-6-7/h2-3,5,7H,4,6H2,1H3,(H,13,14). The van der Waals surface area contributed by atoms with Crippen LogP contribution in [0, 0.1) is 0 Å². The first-order valence-electron chi connectivity index (χ1n) is 4.81. The molecule has 4 heteroatoms. The van der Waals surface area contributed by atoms with Crippen molar-refractivity contribution in [3.8, 4) is 5.75 Å². The van der Waals surface area contributed by atoms with Gasteiger partial charge in [-0.1, -0.05) is 22.0 Å². The second-order valence-electron chi connectivity index (χ2n) is 3.59. The van der Waals surface area contributed by atoms with Crippen molar-refractivity contribution in [3.05, 3.63) is 28.2 Å². The minimum atomic E-state index is 0.128. The molecule has 15 heavy (non-hydrogen) atoms. The lowest BCUT2D eigenvalue weighted by molar-refractivity contribution is -0.119. The molecule has 1 fully saturated rings. The van der Waals surface area contributed by atoms with Crippen molar-refractivity contribution in [1.82, 2.24) is 5.32 Å². The Hall–Kier alpha value is -1.03. The van der Waals surface area contributed by atoms with E-state index in [9.17, 15) is 4.79 Å². The van der Waals surface area contributed by atoms with Gasteiger partial charge in [0.1, 0.15) is 5.75 Å². The highest BCUT2D eigenvalue weighted by atomic mass is 79.9. The number of carbonyl (C=O) groups is 1. The maximum absolute atomic E-state index is 11.1. The average Bonchev–Trinajstić information content (AvgIpc) is 2.64. The Labute approximate surface area is 96.9 Å². The number of nitrogens with one attached hydrogen (secondary N) is 1. The van der Waals surface area contributed by atoms with Crippen molar-refractivity contribution in [2.75, 3.05) is 13.7 Å². The number of benzene rings is 1. The SMILES string of the molecule is COc1ccc(C2CNC(=O)C2)c(Br)c1. The molecule has 1 saturated heterocycles. The predicted molar refractivity (Wildman–Crippen MR) is 61.1 cm³/mol. The average molecular weight is 270 g/mol. The Bertz CT molecular complexity index is 392. The monoisotopic (exact) mass is 269 g/mol. The Kier molecular flexibility index (Phi) is 2.95. The third-order valence-corrected chi connectivity index (χ3v) is 3.31. The molecule has 1 atom stereocenters. The molecule has 1 heterocycles. The largest absolute Gasteiger partial charge is 0.497 e. The van der Waals surface area contributed by atoms with Gasteiger partial charge in [-0.3, -0.25) is 4.79 Å². The van der Waals surface area contributed by atoms with Crippen LogP contribution in [-0.4, -0.2) is 19.6 Å². The summed E-state index contributed by atoms with van der Waals surface area (Å²) in [5.74, 6) is 1.23. The fourth-order valence-electron chi connectivity index (χ4n) is 1.79. The van der Waals surface area contributed by atoms with Crippen LogP contribution in [0.2, 0.25) is 0 Å². The Morgan fingerprint density at radius 2 is 2.33 bits per heavy atom. The van der Waals surface area contributed by atoms with Gasteiger partial charge in [-0.05, 0) is 17.7 Å². The lowest BCUT2D eigenvalue weighted by atomic mass is 9.98. The van der Waals surface area contributed by atoms with E-state index in [0.29, 0.717) is 6.42 Å². The topological polar surface area (TPSA) is 38.3 Å². The highest BCUT2D eigenvalue weighted by molar-refractivity contribution is 9.10. The molecular formula is C11H12BrNO2. The molecular weight excluding hydrogens is 258 g/mol. The first-order chi connectivity index (χ1) is 7.20. The molecule has 3 nitrogen and oxygen atoms in total. The van der Waals surface area contributed by atoms with Gasteiger partial charge in [0.25, 0.3) is 0 Å². The summed E-state index contributed by atoms with van der Waals surface area (Å²) in [6.07, 6.45) is 0.574. The molecule has 1 amide bonds. The molecule has 1 aromatic rings. The van der Waals surface area contributed by atoms with Crippen LogP contribution in [0.1, 0.15) is 17.9 Å². The van der Waals surface area contributed by atoms with Gasteiger partial charge in [0.05, 0.1) is 7.11 Å². The number of rotatable bonds is 2. The van der Waals surface area contributed by atoms with E-state index in [2.05, 4.69) is 21.2 Å². The van der Waals surface area contributed by atoms with Gasteiger partial charge < -0.3 is 10.1 Å². The van der Waals surface area contributed by atoms with E-state index in [0.717, 1.165) is 22.3 Å². The van der Waals surface area contributed by atoms with Gasteiger partial charge in [0, 0.05) is 23.4 Å². The molecule has 0 bridgehead atoms. The van der Waals surface area contributed by atoms with Crippen molar-refractivity contribution in [2.45, 2.75) is 12.3 Å². The normalized spacial score (nSPS) is 20.1. The molecule has 0 spiro atoms. The number of amides is 1. The van der Waals surface area contributed by atoms with Crippen LogP contribution in [0.3, 0.4) is 0 Å². The van der Waals surface area contributed by atoms with Crippen molar-refractivity contribution < 1.29 is 9.53 Å². The van der Waals surface area contributed by atoms with Crippen LogP contribution in [-0.2, 0) is 4.79 Å². The van der Waals surface area contributed by atoms with Crippen LogP contribution >= 0.6 is 15.9 Å². The summed E-state index contributed by atoms with van der Waals surface area (Å²) < 4.78 is 6.12. The second kappa shape index (κ2) is 4.23. The highest BCUT2D eigenvalue weighted by Gasteiger charge is 2.24. The molecule has 1 aromatic carbocycles. The van der Waals surface area contributed by atoms with E-state index in [1.807, 2.05) is 18.2 Å². The van der Waals surface area contributed by atoms with Crippen molar-refractivity contribution >= 4 is 21.8 Å². The lowest BCUT2D eigenvalue weighted by Gasteiger charge is -2.11. The Morgan fingerprint density at radius 1 is 1.53 bits per heavy atom. The first-order valence-corrected chi connectivity index (χ1v) is 5.60. The molecule has 0 radical (unpaired) electrons. The van der Waals surface area contributed by atoms with Crippen molar-refractivity contribution in [2.24, 2.45) is 0 Å². The number of hydrogen-bond donors (Lipinski definition) is 1. The number of carbonyl (C=O) groups excluding carboxylic acids is 1. The zero-order chi connectivity index (χ0) is 10.8. The predicted octanol–water partition coefficient (Wildman–Crippen LogP) is 2.06. The minimum absolute atomic E-state index is 0.128. The first kappa shape index (κ1) is 10.5. The smallest absolute Gasteiger partial charge is 0.220 e. The van der Waals surface area contributed by atoms with Gasteiger partial charge in [-0.15, -0.1) is 0 Å². The van der Waals surface area contributed by atoms with Gasteiger partial charge in [-0.25, -0.2) is 0 Å². The fourth-order valence-corrected chi connectivity index (χ4v) is 2.47. The summed E-state index contributed by atoms with van der Waals surface area (Å²) in [6.45, 7) is 0.726. The summed E-state index contributed by atoms with van der Waals surface area (Å²) in [6, 6.07) is 5.86. The molecule has 0 aliphatic carbocycles. The number of halogens is 1. The molecule has 2 rings (SSSR count). The third-order valence-electron chi connectivity index (χ3n) is 2.62. The summed E-state index contributed by atoms with van der Waals surface area (Å²) >= 11 is 3.50. The summed E-state index contributed by atoms with van der Waals surface area (Å²) in [5, 5.41) is 2.83. The van der Waals surface area contributed by atoms with Crippen LogP contribution in [0.25, 0.3) is 0 Å². The lowest BCUT2D eigenvalue weighted by Crippen LogP contribution is -2.13. The van der Waals surface area contributed by atoms with E-state index in [1.165, 1.54) is 0 Å². The van der Waals surface area contributed by atoms with Gasteiger partial charge >= 0.3 is 0 Å². The minimum Gasteiger partial charge on any atom is -0.497 e. The van der Waals surface area contributed by atoms with E-state index in [4.69, 9.17) is 4.74 Å². The Balaban J connectivity index is 2.25. The fraction of sp³-hybridized carbons (Fsp3) is 0.364. The van der Waals surface area contributed by atoms with Crippen molar-refractivity contribution in [3.63, 3.8) is 0 Å². The molecule has 80 valence electrons. The summed E-state index contributed by atoms with van der Waals surface area (Å²) in [4.78, 5) is 11.1. The summed E-state index contributed by atoms with van der Waals surface area (Å²) in [7, 11) is 1.64. The van der Waals surface area contributed by atoms with Crippen LogP contribution < -0.4 is 10.1 Å². The number of ether oxygens (including phenoxy) is 1. The molecule has 0 saturated carbocycles. The Morgan fingerprint density at radius 3 is 2.87 bits per heavy atom. The third kappa shape index (κ3) is 2.15. The maximum Gasteiger partial charge on any atom is 0.220 e. The van der Waals surface area contributed by atoms with E-state index >= 15 is 0 Å². The quantitative estimate of drug-likeness (QED) is 0.893. The zero-order valence-electron chi connectivity index (χ0n) is 8.42. The molecule has 1 N–H and O–H groups in total. The molecule has 1 aliphatic heterocycles. The van der Waals surface area contributed by atoms with Gasteiger partial charge in [-0.2, -0.15) is 0 Å². The van der Waals surface area contributed by atoms with E-state index in [-0.39, 0.29) is 11.8 Å². The van der Waals surface area contributed by atoms with Gasteiger partial charge in [0.15, 0.2) is 0 Å². The number of methoxy groups -OCH3 is 1. The molecule has 1 aliphatic rings. The zero-order valence-corrected chi connectivity index (χ0v) is 10.0. The van der Waals surface area contributed by atoms with E-state index < -0.39 is 0 Å². The van der Waals surface area contributed by atoms with Gasteiger partial charge in [0.2, 0.25) is 5.91 Å². The van der Waals surface area contributed by atoms with Crippen LogP contribution in [0.4, 0.5) is 0 Å². The van der Waals surface area contributed by atoms with Crippen LogP contribution in [0.15, 0.2) is 22.7 Å². The van der Waals surface area contributed by atoms with Crippen molar-refractivity contribution in [1.29, 1.82) is 0 Å². The highest BCUT2D eigenvalue weighted by Crippen LogP contribution is 2.32. The molecule has 1 unspecified atom stereocenters. The number of hydrogen-bond acceptors (Lipinski definition) is 2.